The first-order chi connectivity index (χ1) is 9.95. The molecule has 3 unspecified atom stereocenters. The van der Waals surface area contributed by atoms with Gasteiger partial charge in [0.15, 0.2) is 0 Å². The molecule has 0 bridgehead atoms. The first kappa shape index (κ1) is 16.5. The van der Waals surface area contributed by atoms with Gasteiger partial charge in [0, 0.05) is 43.6 Å². The van der Waals surface area contributed by atoms with Crippen LogP contribution in [0.1, 0.15) is 34.1 Å². The van der Waals surface area contributed by atoms with Gasteiger partial charge in [-0.2, -0.15) is 0 Å². The topological polar surface area (TPSA) is 51.1 Å². The van der Waals surface area contributed by atoms with E-state index >= 15 is 0 Å². The molecule has 0 amide bonds. The predicted octanol–water partition coefficient (Wildman–Crippen LogP) is 1.65. The molecule has 2 rings (SSSR count). The van der Waals surface area contributed by atoms with Gasteiger partial charge in [-0.15, -0.1) is 0 Å². The molecular formula is C16H30N4O. The average Bonchev–Trinajstić information content (AvgIpc) is 2.91. The molecule has 0 aromatic carbocycles. The van der Waals surface area contributed by atoms with E-state index in [0.29, 0.717) is 18.1 Å². The number of aromatic nitrogens is 2. The Morgan fingerprint density at radius 3 is 2.86 bits per heavy atom. The number of imidazole rings is 1. The monoisotopic (exact) mass is 294 g/mol. The van der Waals surface area contributed by atoms with E-state index in [4.69, 9.17) is 4.74 Å². The summed E-state index contributed by atoms with van der Waals surface area (Å²) < 4.78 is 7.69. The molecule has 2 heterocycles. The van der Waals surface area contributed by atoms with Crippen molar-refractivity contribution in [3.63, 3.8) is 0 Å². The van der Waals surface area contributed by atoms with Crippen LogP contribution in [0.25, 0.3) is 0 Å². The summed E-state index contributed by atoms with van der Waals surface area (Å²) in [6.45, 7) is 12.7. The molecule has 0 aliphatic carbocycles. The van der Waals surface area contributed by atoms with Gasteiger partial charge in [-0.1, -0.05) is 20.8 Å². The lowest BCUT2D eigenvalue weighted by Crippen LogP contribution is -2.50. The summed E-state index contributed by atoms with van der Waals surface area (Å²) in [5, 5.41) is 7.33. The Hall–Kier alpha value is -0.910. The zero-order chi connectivity index (χ0) is 15.3. The van der Waals surface area contributed by atoms with Crippen LogP contribution in [0.2, 0.25) is 0 Å². The van der Waals surface area contributed by atoms with Gasteiger partial charge in [0.1, 0.15) is 0 Å². The minimum absolute atomic E-state index is 0.203. The van der Waals surface area contributed by atoms with E-state index < -0.39 is 0 Å². The van der Waals surface area contributed by atoms with Gasteiger partial charge in [-0.25, -0.2) is 4.98 Å². The normalized spacial score (nSPS) is 23.0. The smallest absolute Gasteiger partial charge is 0.0946 e. The van der Waals surface area contributed by atoms with E-state index in [1.54, 1.807) is 0 Å². The maximum absolute atomic E-state index is 5.54. The van der Waals surface area contributed by atoms with Crippen LogP contribution in [0.3, 0.4) is 0 Å². The van der Waals surface area contributed by atoms with Crippen molar-refractivity contribution in [1.29, 1.82) is 0 Å². The average molecular weight is 294 g/mol. The highest BCUT2D eigenvalue weighted by Gasteiger charge is 2.27. The lowest BCUT2D eigenvalue weighted by molar-refractivity contribution is 0.0694. The van der Waals surface area contributed by atoms with Crippen LogP contribution in [0, 0.1) is 5.41 Å². The molecule has 2 N–H and O–H groups in total. The van der Waals surface area contributed by atoms with Crippen molar-refractivity contribution in [2.24, 2.45) is 5.41 Å². The molecule has 0 saturated carbocycles. The van der Waals surface area contributed by atoms with Crippen LogP contribution >= 0.6 is 0 Å². The molecule has 21 heavy (non-hydrogen) atoms. The third-order valence-corrected chi connectivity index (χ3v) is 4.12. The summed E-state index contributed by atoms with van der Waals surface area (Å²) in [7, 11) is 0. The highest BCUT2D eigenvalue weighted by atomic mass is 16.5. The van der Waals surface area contributed by atoms with Gasteiger partial charge in [-0.05, 0) is 18.8 Å². The van der Waals surface area contributed by atoms with Crippen LogP contribution in [0.5, 0.6) is 0 Å². The molecule has 5 nitrogen and oxygen atoms in total. The fourth-order valence-electron chi connectivity index (χ4n) is 2.79. The lowest BCUT2D eigenvalue weighted by atomic mass is 9.85. The second-order valence-corrected chi connectivity index (χ2v) is 7.21. The van der Waals surface area contributed by atoms with Crippen LogP contribution in [0.15, 0.2) is 18.7 Å². The van der Waals surface area contributed by atoms with Gasteiger partial charge in [-0.3, -0.25) is 0 Å². The molecule has 1 saturated heterocycles. The van der Waals surface area contributed by atoms with Crippen molar-refractivity contribution in [2.75, 3.05) is 19.8 Å². The summed E-state index contributed by atoms with van der Waals surface area (Å²) in [4.78, 5) is 4.14. The van der Waals surface area contributed by atoms with Crippen LogP contribution in [0.4, 0.5) is 0 Å². The Morgan fingerprint density at radius 1 is 1.48 bits per heavy atom. The van der Waals surface area contributed by atoms with Crippen LogP contribution < -0.4 is 10.6 Å². The molecule has 0 radical (unpaired) electrons. The van der Waals surface area contributed by atoms with Gasteiger partial charge in [0.25, 0.3) is 0 Å². The SMILES string of the molecule is CC(CC1COCCN1)NC(Cn1ccnc1)C(C)(C)C. The fraction of sp³-hybridized carbons (Fsp3) is 0.812. The van der Waals surface area contributed by atoms with E-state index in [9.17, 15) is 0 Å². The quantitative estimate of drug-likeness (QED) is 0.838. The zero-order valence-corrected chi connectivity index (χ0v) is 13.8. The molecule has 120 valence electrons. The van der Waals surface area contributed by atoms with Crippen molar-refractivity contribution < 1.29 is 4.74 Å². The van der Waals surface area contributed by atoms with Crippen LogP contribution in [-0.4, -0.2) is 47.4 Å². The Labute approximate surface area is 128 Å². The zero-order valence-electron chi connectivity index (χ0n) is 13.8. The van der Waals surface area contributed by atoms with E-state index in [1.807, 2.05) is 18.7 Å². The third-order valence-electron chi connectivity index (χ3n) is 4.12. The third kappa shape index (κ3) is 5.41. The number of nitrogens with one attached hydrogen (secondary N) is 2. The molecule has 5 heteroatoms. The van der Waals surface area contributed by atoms with Gasteiger partial charge in [0.05, 0.1) is 19.5 Å². The lowest BCUT2D eigenvalue weighted by Gasteiger charge is -2.36. The number of ether oxygens (including phenoxy) is 1. The minimum Gasteiger partial charge on any atom is -0.379 e. The van der Waals surface area contributed by atoms with Crippen molar-refractivity contribution in [2.45, 2.75) is 58.8 Å². The maximum atomic E-state index is 5.54. The summed E-state index contributed by atoms with van der Waals surface area (Å²) in [6.07, 6.45) is 6.85. The van der Waals surface area contributed by atoms with Crippen molar-refractivity contribution in [1.82, 2.24) is 20.2 Å². The predicted molar refractivity (Wildman–Crippen MR) is 85.3 cm³/mol. The summed E-state index contributed by atoms with van der Waals surface area (Å²) >= 11 is 0. The molecule has 1 aliphatic rings. The maximum Gasteiger partial charge on any atom is 0.0946 e. The Balaban J connectivity index is 1.88. The molecule has 1 fully saturated rings. The second-order valence-electron chi connectivity index (χ2n) is 7.21. The van der Waals surface area contributed by atoms with Crippen molar-refractivity contribution in [3.05, 3.63) is 18.7 Å². The summed E-state index contributed by atoms with van der Waals surface area (Å²) in [5.41, 5.74) is 0.203. The van der Waals surface area contributed by atoms with E-state index in [0.717, 1.165) is 32.7 Å². The summed E-state index contributed by atoms with van der Waals surface area (Å²) in [6, 6.07) is 1.33. The molecular weight excluding hydrogens is 264 g/mol. The molecule has 3 atom stereocenters. The number of nitrogens with zero attached hydrogens (tertiary/aromatic N) is 2. The Bertz CT molecular complexity index is 393. The summed E-state index contributed by atoms with van der Waals surface area (Å²) in [5.74, 6) is 0. The van der Waals surface area contributed by atoms with Crippen molar-refractivity contribution >= 4 is 0 Å². The standard InChI is InChI=1S/C16H30N4O/c1-13(9-14-11-21-8-6-18-14)19-15(16(2,3)4)10-20-7-5-17-12-20/h5,7,12-15,18-19H,6,8-11H2,1-4H3. The number of rotatable bonds is 6. The number of hydrogen-bond donors (Lipinski definition) is 2. The largest absolute Gasteiger partial charge is 0.379 e. The minimum atomic E-state index is 0.203. The second kappa shape index (κ2) is 7.38. The van der Waals surface area contributed by atoms with Gasteiger partial charge < -0.3 is 19.9 Å². The Morgan fingerprint density at radius 2 is 2.29 bits per heavy atom. The van der Waals surface area contributed by atoms with Gasteiger partial charge >= 0.3 is 0 Å². The highest BCUT2D eigenvalue weighted by Crippen LogP contribution is 2.22. The van der Waals surface area contributed by atoms with Crippen LogP contribution in [-0.2, 0) is 11.3 Å². The van der Waals surface area contributed by atoms with E-state index in [1.165, 1.54) is 0 Å². The molecule has 1 aromatic heterocycles. The van der Waals surface area contributed by atoms with Gasteiger partial charge in [0.2, 0.25) is 0 Å². The Kier molecular flexibility index (Phi) is 5.79. The van der Waals surface area contributed by atoms with E-state index in [2.05, 4.69) is 47.9 Å². The fourth-order valence-corrected chi connectivity index (χ4v) is 2.79. The number of hydrogen-bond acceptors (Lipinski definition) is 4. The molecule has 1 aliphatic heterocycles. The number of morpholine rings is 1. The van der Waals surface area contributed by atoms with Crippen molar-refractivity contribution in [3.8, 4) is 0 Å². The molecule has 1 aromatic rings. The van der Waals surface area contributed by atoms with E-state index in [-0.39, 0.29) is 5.41 Å². The molecule has 0 spiro atoms. The highest BCUT2D eigenvalue weighted by molar-refractivity contribution is 4.87. The first-order valence-corrected chi connectivity index (χ1v) is 7.98. The first-order valence-electron chi connectivity index (χ1n) is 7.98.